The molecule has 0 radical (unpaired) electrons. The number of Topliss-reactive ketones (excluding diaryl/α,β-unsaturated/α-hetero) is 1. The number of nitriles is 1. The number of hydrogen-bond donors (Lipinski definition) is 1. The van der Waals surface area contributed by atoms with Gasteiger partial charge in [0.15, 0.2) is 5.78 Å². The summed E-state index contributed by atoms with van der Waals surface area (Å²) in [5.74, 6) is -0.245. The molecular weight excluding hydrogens is 252 g/mol. The van der Waals surface area contributed by atoms with Crippen molar-refractivity contribution in [3.63, 3.8) is 0 Å². The number of phenols is 1. The largest absolute Gasteiger partial charge is 0.507 e. The van der Waals surface area contributed by atoms with Crippen molar-refractivity contribution in [1.29, 1.82) is 5.26 Å². The Morgan fingerprint density at radius 2 is 1.95 bits per heavy atom. The molecule has 4 nitrogen and oxygen atoms in total. The molecule has 0 aliphatic heterocycles. The maximum absolute atomic E-state index is 11.3. The van der Waals surface area contributed by atoms with Crippen molar-refractivity contribution in [2.24, 2.45) is 0 Å². The summed E-state index contributed by atoms with van der Waals surface area (Å²) in [6.45, 7) is 1.41. The average molecular weight is 266 g/mol. The third kappa shape index (κ3) is 2.47. The van der Waals surface area contributed by atoms with Crippen LogP contribution in [0.3, 0.4) is 0 Å². The van der Waals surface area contributed by atoms with Crippen LogP contribution in [0.1, 0.15) is 22.8 Å². The summed E-state index contributed by atoms with van der Waals surface area (Å²) in [5, 5.41) is 19.0. The fourth-order valence-electron chi connectivity index (χ4n) is 2.03. The van der Waals surface area contributed by atoms with Gasteiger partial charge in [-0.3, -0.25) is 4.79 Å². The van der Waals surface area contributed by atoms with E-state index in [-0.39, 0.29) is 17.1 Å². The van der Waals surface area contributed by atoms with Crippen molar-refractivity contribution in [2.75, 3.05) is 11.9 Å². The lowest BCUT2D eigenvalue weighted by Gasteiger charge is -2.21. The Balaban J connectivity index is 2.44. The number of carbonyl (C=O) groups excluding carboxylic acids is 1. The zero-order valence-corrected chi connectivity index (χ0v) is 11.3. The maximum atomic E-state index is 11.3. The zero-order chi connectivity index (χ0) is 14.7. The Morgan fingerprint density at radius 1 is 1.25 bits per heavy atom. The number of rotatable bonds is 3. The molecule has 0 atom stereocenters. The highest BCUT2D eigenvalue weighted by molar-refractivity contribution is 5.97. The van der Waals surface area contributed by atoms with E-state index in [9.17, 15) is 9.90 Å². The van der Waals surface area contributed by atoms with Crippen molar-refractivity contribution in [1.82, 2.24) is 0 Å². The van der Waals surface area contributed by atoms with Crippen molar-refractivity contribution >= 4 is 17.2 Å². The summed E-state index contributed by atoms with van der Waals surface area (Å²) in [6.07, 6.45) is 0. The molecule has 2 aromatic carbocycles. The third-order valence-electron chi connectivity index (χ3n) is 3.13. The molecule has 100 valence electrons. The second-order valence-corrected chi connectivity index (χ2v) is 4.45. The number of hydrogen-bond acceptors (Lipinski definition) is 4. The number of aromatic hydroxyl groups is 1. The van der Waals surface area contributed by atoms with E-state index in [0.717, 1.165) is 5.69 Å². The van der Waals surface area contributed by atoms with Gasteiger partial charge in [0, 0.05) is 18.8 Å². The van der Waals surface area contributed by atoms with Gasteiger partial charge in [0.05, 0.1) is 16.8 Å². The number of nitrogens with zero attached hydrogens (tertiary/aromatic N) is 2. The van der Waals surface area contributed by atoms with Gasteiger partial charge in [0.1, 0.15) is 11.8 Å². The molecule has 1 N–H and O–H groups in total. The monoisotopic (exact) mass is 266 g/mol. The smallest absolute Gasteiger partial charge is 0.163 e. The zero-order valence-electron chi connectivity index (χ0n) is 11.3. The first-order valence-corrected chi connectivity index (χ1v) is 6.11. The van der Waals surface area contributed by atoms with Gasteiger partial charge in [-0.25, -0.2) is 0 Å². The molecule has 20 heavy (non-hydrogen) atoms. The number of para-hydroxylation sites is 1. The molecule has 0 saturated carbocycles. The van der Waals surface area contributed by atoms with Crippen LogP contribution >= 0.6 is 0 Å². The van der Waals surface area contributed by atoms with Crippen molar-refractivity contribution in [3.8, 4) is 11.8 Å². The number of benzene rings is 2. The molecule has 0 bridgehead atoms. The minimum absolute atomic E-state index is 0.0590. The first-order valence-electron chi connectivity index (χ1n) is 6.11. The SMILES string of the molecule is CC(=O)c1ccc(N(C)c2ccccc2C#N)cc1O. The van der Waals surface area contributed by atoms with Crippen LogP contribution in [0.25, 0.3) is 0 Å². The Morgan fingerprint density at radius 3 is 2.55 bits per heavy atom. The van der Waals surface area contributed by atoms with Crippen LogP contribution in [0.2, 0.25) is 0 Å². The molecule has 0 unspecified atom stereocenters. The fraction of sp³-hybridized carbons (Fsp3) is 0.125. The lowest BCUT2D eigenvalue weighted by Crippen LogP contribution is -2.11. The molecular formula is C16H14N2O2. The lowest BCUT2D eigenvalue weighted by atomic mass is 10.1. The molecule has 0 saturated heterocycles. The Bertz CT molecular complexity index is 702. The summed E-state index contributed by atoms with van der Waals surface area (Å²) in [7, 11) is 1.80. The minimum Gasteiger partial charge on any atom is -0.507 e. The van der Waals surface area contributed by atoms with Crippen LogP contribution in [0, 0.1) is 11.3 Å². The Labute approximate surface area is 117 Å². The van der Waals surface area contributed by atoms with Gasteiger partial charge in [-0.1, -0.05) is 12.1 Å². The van der Waals surface area contributed by atoms with E-state index in [2.05, 4.69) is 6.07 Å². The molecule has 0 aromatic heterocycles. The van der Waals surface area contributed by atoms with E-state index >= 15 is 0 Å². The fourth-order valence-corrected chi connectivity index (χ4v) is 2.03. The number of phenolic OH excluding ortho intramolecular Hbond substituents is 1. The second kappa shape index (κ2) is 5.45. The average Bonchev–Trinajstić information content (AvgIpc) is 2.45. The lowest BCUT2D eigenvalue weighted by molar-refractivity contribution is 0.101. The summed E-state index contributed by atoms with van der Waals surface area (Å²) in [4.78, 5) is 13.1. The predicted molar refractivity (Wildman–Crippen MR) is 77.3 cm³/mol. The molecule has 2 rings (SSSR count). The topological polar surface area (TPSA) is 64.3 Å². The van der Waals surface area contributed by atoms with Crippen LogP contribution in [0.5, 0.6) is 5.75 Å². The summed E-state index contributed by atoms with van der Waals surface area (Å²) in [5.41, 5.74) is 2.28. The number of anilines is 2. The summed E-state index contributed by atoms with van der Waals surface area (Å²) in [6, 6.07) is 14.2. The van der Waals surface area contributed by atoms with Crippen LogP contribution in [-0.4, -0.2) is 17.9 Å². The Kier molecular flexibility index (Phi) is 3.72. The van der Waals surface area contributed by atoms with Crippen molar-refractivity contribution in [2.45, 2.75) is 6.92 Å². The van der Waals surface area contributed by atoms with Gasteiger partial charge in [-0.05, 0) is 31.2 Å². The molecule has 0 heterocycles. The first kappa shape index (κ1) is 13.6. The van der Waals surface area contributed by atoms with E-state index in [1.165, 1.54) is 13.0 Å². The maximum Gasteiger partial charge on any atom is 0.163 e. The third-order valence-corrected chi connectivity index (χ3v) is 3.13. The van der Waals surface area contributed by atoms with E-state index in [4.69, 9.17) is 5.26 Å². The van der Waals surface area contributed by atoms with E-state index in [1.807, 2.05) is 12.1 Å². The predicted octanol–water partition coefficient (Wildman–Crippen LogP) is 3.23. The van der Waals surface area contributed by atoms with Crippen molar-refractivity contribution < 1.29 is 9.90 Å². The van der Waals surface area contributed by atoms with Gasteiger partial charge in [-0.15, -0.1) is 0 Å². The molecule has 0 amide bonds. The van der Waals surface area contributed by atoms with Crippen LogP contribution < -0.4 is 4.90 Å². The molecule has 4 heteroatoms. The quantitative estimate of drug-likeness (QED) is 0.866. The molecule has 0 spiro atoms. The molecule has 0 fully saturated rings. The van der Waals surface area contributed by atoms with Crippen LogP contribution in [0.15, 0.2) is 42.5 Å². The van der Waals surface area contributed by atoms with E-state index < -0.39 is 0 Å². The highest BCUT2D eigenvalue weighted by atomic mass is 16.3. The van der Waals surface area contributed by atoms with E-state index in [1.54, 1.807) is 36.2 Å². The minimum atomic E-state index is -0.186. The molecule has 0 aliphatic carbocycles. The number of ketones is 1. The van der Waals surface area contributed by atoms with Gasteiger partial charge < -0.3 is 10.0 Å². The standard InChI is InChI=1S/C16H14N2O2/c1-11(19)14-8-7-13(9-16(14)20)18(2)15-6-4-3-5-12(15)10-17/h3-9,20H,1-2H3. The normalized spacial score (nSPS) is 9.85. The molecule has 2 aromatic rings. The van der Waals surface area contributed by atoms with Crippen LogP contribution in [-0.2, 0) is 0 Å². The summed E-state index contributed by atoms with van der Waals surface area (Å²) < 4.78 is 0. The van der Waals surface area contributed by atoms with Gasteiger partial charge in [-0.2, -0.15) is 5.26 Å². The van der Waals surface area contributed by atoms with E-state index in [0.29, 0.717) is 11.3 Å². The molecule has 0 aliphatic rings. The highest BCUT2D eigenvalue weighted by Crippen LogP contribution is 2.30. The highest BCUT2D eigenvalue weighted by Gasteiger charge is 2.12. The Hall–Kier alpha value is -2.80. The van der Waals surface area contributed by atoms with Crippen molar-refractivity contribution in [3.05, 3.63) is 53.6 Å². The second-order valence-electron chi connectivity index (χ2n) is 4.45. The first-order chi connectivity index (χ1) is 9.54. The van der Waals surface area contributed by atoms with Gasteiger partial charge in [0.25, 0.3) is 0 Å². The van der Waals surface area contributed by atoms with Gasteiger partial charge >= 0.3 is 0 Å². The van der Waals surface area contributed by atoms with Gasteiger partial charge in [0.2, 0.25) is 0 Å². The summed E-state index contributed by atoms with van der Waals surface area (Å²) >= 11 is 0. The van der Waals surface area contributed by atoms with Crippen LogP contribution in [0.4, 0.5) is 11.4 Å². The number of carbonyl (C=O) groups is 1.